The third-order valence-corrected chi connectivity index (χ3v) is 3.88. The molecule has 1 unspecified atom stereocenters. The average molecular weight is 277 g/mol. The van der Waals surface area contributed by atoms with Crippen LogP contribution in [0, 0.1) is 5.92 Å². The zero-order chi connectivity index (χ0) is 13.8. The first kappa shape index (κ1) is 15.4. The minimum atomic E-state index is -3.15. The molecular weight excluding hydrogens is 254 g/mol. The van der Waals surface area contributed by atoms with E-state index < -0.39 is 10.0 Å². The van der Waals surface area contributed by atoms with Crippen LogP contribution in [0.1, 0.15) is 19.8 Å². The van der Waals surface area contributed by atoms with Crippen LogP contribution < -0.4 is 10.0 Å². The van der Waals surface area contributed by atoms with Gasteiger partial charge in [0, 0.05) is 31.6 Å². The van der Waals surface area contributed by atoms with E-state index in [1.54, 1.807) is 0 Å². The molecule has 0 spiro atoms. The molecule has 0 radical (unpaired) electrons. The molecule has 0 bridgehead atoms. The van der Waals surface area contributed by atoms with E-state index in [1.165, 1.54) is 6.26 Å². The van der Waals surface area contributed by atoms with Crippen LogP contribution in [0.5, 0.6) is 0 Å². The van der Waals surface area contributed by atoms with Crippen molar-refractivity contribution >= 4 is 15.9 Å². The topological polar surface area (TPSA) is 78.5 Å². The average Bonchev–Trinajstić information content (AvgIpc) is 2.27. The van der Waals surface area contributed by atoms with Crippen LogP contribution in [0.4, 0.5) is 0 Å². The standard InChI is InChI=1S/C11H23N3O3S/c1-9(8-12-2)11(15)14-6-4-10(5-7-14)13-18(3,16)17/h9-10,12-13H,4-8H2,1-3H3. The predicted molar refractivity (Wildman–Crippen MR) is 70.7 cm³/mol. The summed E-state index contributed by atoms with van der Waals surface area (Å²) in [6.45, 7) is 3.82. The summed E-state index contributed by atoms with van der Waals surface area (Å²) in [6, 6.07) is -0.0383. The Kier molecular flexibility index (Phi) is 5.55. The number of hydrogen-bond acceptors (Lipinski definition) is 4. The summed E-state index contributed by atoms with van der Waals surface area (Å²) in [5.74, 6) is 0.108. The molecule has 1 fully saturated rings. The number of sulfonamides is 1. The maximum atomic E-state index is 12.0. The number of nitrogens with one attached hydrogen (secondary N) is 2. The molecule has 6 nitrogen and oxygen atoms in total. The summed E-state index contributed by atoms with van der Waals surface area (Å²) in [5.41, 5.74) is 0. The lowest BCUT2D eigenvalue weighted by molar-refractivity contribution is -0.135. The molecule has 0 aliphatic carbocycles. The Morgan fingerprint density at radius 2 is 1.94 bits per heavy atom. The van der Waals surface area contributed by atoms with E-state index in [1.807, 2.05) is 18.9 Å². The van der Waals surface area contributed by atoms with E-state index in [0.29, 0.717) is 32.5 Å². The van der Waals surface area contributed by atoms with Gasteiger partial charge in [0.25, 0.3) is 0 Å². The van der Waals surface area contributed by atoms with Gasteiger partial charge in [-0.3, -0.25) is 4.79 Å². The number of nitrogens with zero attached hydrogens (tertiary/aromatic N) is 1. The van der Waals surface area contributed by atoms with Crippen LogP contribution in [0.3, 0.4) is 0 Å². The molecule has 7 heteroatoms. The molecule has 1 rings (SSSR count). The van der Waals surface area contributed by atoms with E-state index >= 15 is 0 Å². The van der Waals surface area contributed by atoms with Crippen LogP contribution in [0.15, 0.2) is 0 Å². The molecule has 2 N–H and O–H groups in total. The predicted octanol–water partition coefficient (Wildman–Crippen LogP) is -0.618. The summed E-state index contributed by atoms with van der Waals surface area (Å²) in [7, 11) is -1.32. The van der Waals surface area contributed by atoms with E-state index in [-0.39, 0.29) is 17.9 Å². The third kappa shape index (κ3) is 4.91. The molecule has 0 saturated carbocycles. The van der Waals surface area contributed by atoms with Gasteiger partial charge < -0.3 is 10.2 Å². The maximum Gasteiger partial charge on any atom is 0.226 e. The molecule has 1 aliphatic rings. The van der Waals surface area contributed by atoms with Gasteiger partial charge >= 0.3 is 0 Å². The van der Waals surface area contributed by atoms with Crippen molar-refractivity contribution in [3.05, 3.63) is 0 Å². The number of carbonyl (C=O) groups excluding carboxylic acids is 1. The molecule has 1 atom stereocenters. The Morgan fingerprint density at radius 3 is 2.39 bits per heavy atom. The summed E-state index contributed by atoms with van der Waals surface area (Å²) in [5, 5.41) is 2.99. The fourth-order valence-electron chi connectivity index (χ4n) is 2.23. The highest BCUT2D eigenvalue weighted by Gasteiger charge is 2.26. The molecule has 1 amide bonds. The van der Waals surface area contributed by atoms with Crippen LogP contribution in [0.2, 0.25) is 0 Å². The molecule has 0 aromatic heterocycles. The maximum absolute atomic E-state index is 12.0. The van der Waals surface area contributed by atoms with Gasteiger partial charge in [-0.05, 0) is 19.9 Å². The Morgan fingerprint density at radius 1 is 1.39 bits per heavy atom. The quantitative estimate of drug-likeness (QED) is 0.702. The Bertz CT molecular complexity index is 375. The number of piperidine rings is 1. The van der Waals surface area contributed by atoms with Crippen molar-refractivity contribution in [3.63, 3.8) is 0 Å². The van der Waals surface area contributed by atoms with Crippen molar-refractivity contribution in [1.29, 1.82) is 0 Å². The number of amides is 1. The van der Waals surface area contributed by atoms with E-state index in [9.17, 15) is 13.2 Å². The smallest absolute Gasteiger partial charge is 0.226 e. The van der Waals surface area contributed by atoms with Crippen LogP contribution in [0.25, 0.3) is 0 Å². The van der Waals surface area contributed by atoms with Gasteiger partial charge in [-0.15, -0.1) is 0 Å². The molecule has 106 valence electrons. The largest absolute Gasteiger partial charge is 0.342 e. The van der Waals surface area contributed by atoms with E-state index in [2.05, 4.69) is 10.0 Å². The van der Waals surface area contributed by atoms with Crippen molar-refractivity contribution in [2.45, 2.75) is 25.8 Å². The second-order valence-corrected chi connectivity index (χ2v) is 6.73. The van der Waals surface area contributed by atoms with Crippen LogP contribution >= 0.6 is 0 Å². The molecule has 18 heavy (non-hydrogen) atoms. The van der Waals surface area contributed by atoms with Gasteiger partial charge in [0.1, 0.15) is 0 Å². The Labute approximate surface area is 109 Å². The highest BCUT2D eigenvalue weighted by molar-refractivity contribution is 7.88. The van der Waals surface area contributed by atoms with E-state index in [0.717, 1.165) is 0 Å². The summed E-state index contributed by atoms with van der Waals surface area (Å²) >= 11 is 0. The number of carbonyl (C=O) groups is 1. The summed E-state index contributed by atoms with van der Waals surface area (Å²) in [6.07, 6.45) is 2.54. The summed E-state index contributed by atoms with van der Waals surface area (Å²) < 4.78 is 24.8. The van der Waals surface area contributed by atoms with Gasteiger partial charge in [-0.1, -0.05) is 6.92 Å². The highest BCUT2D eigenvalue weighted by atomic mass is 32.2. The van der Waals surface area contributed by atoms with Crippen LogP contribution in [-0.4, -0.2) is 58.2 Å². The fraction of sp³-hybridized carbons (Fsp3) is 0.909. The lowest BCUT2D eigenvalue weighted by Gasteiger charge is -2.33. The van der Waals surface area contributed by atoms with Gasteiger partial charge in [-0.2, -0.15) is 0 Å². The SMILES string of the molecule is CNCC(C)C(=O)N1CCC(NS(C)(=O)=O)CC1. The molecule has 1 saturated heterocycles. The normalized spacial score (nSPS) is 19.8. The van der Waals surface area contributed by atoms with Crippen molar-refractivity contribution < 1.29 is 13.2 Å². The van der Waals surface area contributed by atoms with E-state index in [4.69, 9.17) is 0 Å². The van der Waals surface area contributed by atoms with Gasteiger partial charge in [0.15, 0.2) is 0 Å². The fourth-order valence-corrected chi connectivity index (χ4v) is 3.07. The van der Waals surface area contributed by atoms with Gasteiger partial charge in [-0.25, -0.2) is 13.1 Å². The molecule has 1 heterocycles. The second-order valence-electron chi connectivity index (χ2n) is 4.95. The number of likely N-dealkylation sites (tertiary alicyclic amines) is 1. The monoisotopic (exact) mass is 277 g/mol. The zero-order valence-corrected chi connectivity index (χ0v) is 12.1. The Hall–Kier alpha value is -0.660. The van der Waals surface area contributed by atoms with Crippen LogP contribution in [-0.2, 0) is 14.8 Å². The lowest BCUT2D eigenvalue weighted by Crippen LogP contribution is -2.48. The highest BCUT2D eigenvalue weighted by Crippen LogP contribution is 2.13. The Balaban J connectivity index is 2.42. The first-order valence-corrected chi connectivity index (χ1v) is 8.13. The summed E-state index contributed by atoms with van der Waals surface area (Å²) in [4.78, 5) is 13.8. The third-order valence-electron chi connectivity index (χ3n) is 3.12. The van der Waals surface area contributed by atoms with Crippen molar-refractivity contribution in [3.8, 4) is 0 Å². The number of rotatable bonds is 5. The van der Waals surface area contributed by atoms with Crippen molar-refractivity contribution in [2.75, 3.05) is 32.9 Å². The molecular formula is C11H23N3O3S. The lowest BCUT2D eigenvalue weighted by atomic mass is 10.0. The minimum Gasteiger partial charge on any atom is -0.342 e. The molecule has 0 aromatic carbocycles. The van der Waals surface area contributed by atoms with Gasteiger partial charge in [0.2, 0.25) is 15.9 Å². The first-order chi connectivity index (χ1) is 8.33. The van der Waals surface area contributed by atoms with Gasteiger partial charge in [0.05, 0.1) is 6.26 Å². The van der Waals surface area contributed by atoms with Crippen molar-refractivity contribution in [2.24, 2.45) is 5.92 Å². The first-order valence-electron chi connectivity index (χ1n) is 6.24. The second kappa shape index (κ2) is 6.49. The molecule has 0 aromatic rings. The van der Waals surface area contributed by atoms with Crippen molar-refractivity contribution in [1.82, 2.24) is 14.9 Å². The zero-order valence-electron chi connectivity index (χ0n) is 11.3. The minimum absolute atomic E-state index is 0.0329. The number of hydrogen-bond donors (Lipinski definition) is 2. The molecule has 1 aliphatic heterocycles.